The van der Waals surface area contributed by atoms with Crippen molar-refractivity contribution in [3.05, 3.63) is 35.4 Å². The second-order valence-electron chi connectivity index (χ2n) is 8.50. The normalized spacial score (nSPS) is 21.4. The first-order chi connectivity index (χ1) is 14.8. The minimum absolute atomic E-state index is 0. The molecule has 2 aliphatic rings. The third-order valence-corrected chi connectivity index (χ3v) is 5.77. The fourth-order valence-electron chi connectivity index (χ4n) is 4.12. The van der Waals surface area contributed by atoms with E-state index in [4.69, 9.17) is 0 Å². The summed E-state index contributed by atoms with van der Waals surface area (Å²) in [5.41, 5.74) is 2.32. The molecule has 1 atom stereocenters. The van der Waals surface area contributed by atoms with Crippen molar-refractivity contribution in [2.24, 2.45) is 4.99 Å². The average Bonchev–Trinajstić information content (AvgIpc) is 3.14. The monoisotopic (exact) mass is 569 g/mol. The first-order valence-electron chi connectivity index (χ1n) is 11.1. The zero-order valence-electron chi connectivity index (χ0n) is 18.6. The topological polar surface area (TPSA) is 63.1 Å². The molecule has 6 nitrogen and oxygen atoms in total. The molecular formula is C22H35F3IN5O. The van der Waals surface area contributed by atoms with Gasteiger partial charge in [0, 0.05) is 45.3 Å². The highest BCUT2D eigenvalue weighted by molar-refractivity contribution is 14.0. The number of rotatable bonds is 7. The molecule has 0 radical (unpaired) electrons. The van der Waals surface area contributed by atoms with Crippen molar-refractivity contribution < 1.29 is 18.3 Å². The van der Waals surface area contributed by atoms with Crippen molar-refractivity contribution in [3.8, 4) is 0 Å². The maximum atomic E-state index is 12.6. The van der Waals surface area contributed by atoms with Crippen LogP contribution in [-0.4, -0.2) is 78.5 Å². The lowest BCUT2D eigenvalue weighted by molar-refractivity contribution is -0.143. The maximum Gasteiger partial charge on any atom is 0.401 e. The van der Waals surface area contributed by atoms with Gasteiger partial charge in [0.1, 0.15) is 0 Å². The van der Waals surface area contributed by atoms with E-state index < -0.39 is 12.7 Å². The van der Waals surface area contributed by atoms with Gasteiger partial charge in [-0.05, 0) is 37.3 Å². The molecule has 2 aliphatic heterocycles. The molecule has 3 N–H and O–H groups in total. The number of aliphatic hydroxyl groups excluding tert-OH is 1. The van der Waals surface area contributed by atoms with E-state index in [1.165, 1.54) is 10.5 Å². The van der Waals surface area contributed by atoms with Crippen LogP contribution in [0.2, 0.25) is 0 Å². The van der Waals surface area contributed by atoms with Crippen LogP contribution in [0.1, 0.15) is 37.3 Å². The zero-order valence-corrected chi connectivity index (χ0v) is 20.9. The van der Waals surface area contributed by atoms with Gasteiger partial charge in [0.25, 0.3) is 0 Å². The minimum atomic E-state index is -4.16. The molecule has 0 aliphatic carbocycles. The Balaban J connectivity index is 0.00000363. The summed E-state index contributed by atoms with van der Waals surface area (Å²) >= 11 is 0. The van der Waals surface area contributed by atoms with E-state index >= 15 is 0 Å². The Labute approximate surface area is 205 Å². The van der Waals surface area contributed by atoms with E-state index in [1.807, 2.05) is 6.92 Å². The van der Waals surface area contributed by atoms with Crippen LogP contribution < -0.4 is 10.6 Å². The summed E-state index contributed by atoms with van der Waals surface area (Å²) < 4.78 is 37.8. The van der Waals surface area contributed by atoms with Gasteiger partial charge in [0.05, 0.1) is 19.2 Å². The van der Waals surface area contributed by atoms with Gasteiger partial charge in [-0.25, -0.2) is 4.99 Å². The molecule has 2 heterocycles. The largest absolute Gasteiger partial charge is 0.401 e. The van der Waals surface area contributed by atoms with E-state index in [2.05, 4.69) is 44.8 Å². The van der Waals surface area contributed by atoms with Crippen LogP contribution in [0, 0.1) is 0 Å². The third kappa shape index (κ3) is 9.40. The summed E-state index contributed by atoms with van der Waals surface area (Å²) in [6, 6.07) is 8.33. The van der Waals surface area contributed by atoms with E-state index in [-0.39, 0.29) is 36.1 Å². The van der Waals surface area contributed by atoms with Crippen molar-refractivity contribution in [3.63, 3.8) is 0 Å². The lowest BCUT2D eigenvalue weighted by Gasteiger charge is -2.29. The highest BCUT2D eigenvalue weighted by atomic mass is 127. The van der Waals surface area contributed by atoms with Gasteiger partial charge in [-0.15, -0.1) is 24.0 Å². The van der Waals surface area contributed by atoms with Crippen LogP contribution in [0.5, 0.6) is 0 Å². The second-order valence-corrected chi connectivity index (χ2v) is 8.50. The molecular weight excluding hydrogens is 534 g/mol. The van der Waals surface area contributed by atoms with Gasteiger partial charge >= 0.3 is 6.18 Å². The number of guanidine groups is 1. The number of aliphatic imine (C=N–C) groups is 1. The molecule has 3 rings (SSSR count). The molecule has 10 heteroatoms. The molecule has 0 amide bonds. The van der Waals surface area contributed by atoms with Gasteiger partial charge in [0.2, 0.25) is 0 Å². The molecule has 1 aromatic carbocycles. The molecule has 0 bridgehead atoms. The first-order valence-corrected chi connectivity index (χ1v) is 11.1. The number of piperidine rings is 1. The molecule has 0 aromatic heterocycles. The standard InChI is InChI=1S/C22H34F3N5O.HI/c1-2-26-21(28-19-7-10-30(15-19)16-22(23,24)25)27-13-17-3-5-18(6-4-17)14-29-11-8-20(31)9-12-29;/h3-6,19-20,31H,2,7-16H2,1H3,(H2,26,27,28);1H. The number of nitrogens with one attached hydrogen (secondary N) is 2. The third-order valence-electron chi connectivity index (χ3n) is 5.77. The lowest BCUT2D eigenvalue weighted by atomic mass is 10.1. The number of hydrogen-bond donors (Lipinski definition) is 3. The Kier molecular flexibility index (Phi) is 11.0. The summed E-state index contributed by atoms with van der Waals surface area (Å²) in [6.45, 7) is 5.84. The fourth-order valence-corrected chi connectivity index (χ4v) is 4.12. The summed E-state index contributed by atoms with van der Waals surface area (Å²) in [6.07, 6.45) is -1.98. The van der Waals surface area contributed by atoms with Crippen molar-refractivity contribution in [2.75, 3.05) is 39.3 Å². The number of alkyl halides is 3. The number of likely N-dealkylation sites (tertiary alicyclic amines) is 2. The number of hydrogen-bond acceptors (Lipinski definition) is 4. The van der Waals surface area contributed by atoms with Gasteiger partial charge < -0.3 is 15.7 Å². The molecule has 182 valence electrons. The van der Waals surface area contributed by atoms with Crippen LogP contribution in [-0.2, 0) is 13.1 Å². The Morgan fingerprint density at radius 2 is 1.69 bits per heavy atom. The molecule has 2 saturated heterocycles. The maximum absolute atomic E-state index is 12.6. The van der Waals surface area contributed by atoms with E-state index in [9.17, 15) is 18.3 Å². The number of benzene rings is 1. The van der Waals surface area contributed by atoms with Crippen molar-refractivity contribution in [2.45, 2.75) is 57.6 Å². The number of aliphatic hydroxyl groups is 1. The van der Waals surface area contributed by atoms with Crippen LogP contribution in [0.4, 0.5) is 13.2 Å². The molecule has 2 fully saturated rings. The Morgan fingerprint density at radius 3 is 2.31 bits per heavy atom. The van der Waals surface area contributed by atoms with Crippen molar-refractivity contribution >= 4 is 29.9 Å². The average molecular weight is 569 g/mol. The molecule has 1 aromatic rings. The SMILES string of the molecule is CCNC(=NCc1ccc(CN2CCC(O)CC2)cc1)NC1CCN(CC(F)(F)F)C1.I. The Hall–Kier alpha value is -1.11. The highest BCUT2D eigenvalue weighted by Gasteiger charge is 2.34. The number of nitrogens with zero attached hydrogens (tertiary/aromatic N) is 3. The van der Waals surface area contributed by atoms with Gasteiger partial charge in [-0.2, -0.15) is 13.2 Å². The lowest BCUT2D eigenvalue weighted by Crippen LogP contribution is -2.45. The summed E-state index contributed by atoms with van der Waals surface area (Å²) in [5.74, 6) is 0.636. The predicted octanol–water partition coefficient (Wildman–Crippen LogP) is 2.95. The molecule has 0 saturated carbocycles. The number of halogens is 4. The fraction of sp³-hybridized carbons (Fsp3) is 0.682. The summed E-state index contributed by atoms with van der Waals surface area (Å²) in [4.78, 5) is 8.41. The Morgan fingerprint density at radius 1 is 1.06 bits per heavy atom. The summed E-state index contributed by atoms with van der Waals surface area (Å²) in [7, 11) is 0. The van der Waals surface area contributed by atoms with Crippen LogP contribution in [0.25, 0.3) is 0 Å². The van der Waals surface area contributed by atoms with Crippen LogP contribution in [0.3, 0.4) is 0 Å². The van der Waals surface area contributed by atoms with E-state index in [1.54, 1.807) is 0 Å². The van der Waals surface area contributed by atoms with Crippen LogP contribution >= 0.6 is 24.0 Å². The predicted molar refractivity (Wildman–Crippen MR) is 131 cm³/mol. The van der Waals surface area contributed by atoms with Crippen LogP contribution in [0.15, 0.2) is 29.3 Å². The minimum Gasteiger partial charge on any atom is -0.393 e. The second kappa shape index (κ2) is 13.0. The van der Waals surface area contributed by atoms with E-state index in [0.717, 1.165) is 38.0 Å². The quantitative estimate of drug-likeness (QED) is 0.268. The highest BCUT2D eigenvalue weighted by Crippen LogP contribution is 2.20. The first kappa shape index (κ1) is 27.1. The van der Waals surface area contributed by atoms with Gasteiger partial charge in [0.15, 0.2) is 5.96 Å². The molecule has 0 spiro atoms. The zero-order chi connectivity index (χ0) is 22.3. The smallest absolute Gasteiger partial charge is 0.393 e. The Bertz CT molecular complexity index is 709. The van der Waals surface area contributed by atoms with Gasteiger partial charge in [-0.1, -0.05) is 24.3 Å². The molecule has 1 unspecified atom stereocenters. The van der Waals surface area contributed by atoms with Gasteiger partial charge in [-0.3, -0.25) is 9.80 Å². The molecule has 32 heavy (non-hydrogen) atoms. The van der Waals surface area contributed by atoms with Crippen molar-refractivity contribution in [1.29, 1.82) is 0 Å². The van der Waals surface area contributed by atoms with E-state index in [0.29, 0.717) is 38.6 Å². The summed E-state index contributed by atoms with van der Waals surface area (Å²) in [5, 5.41) is 16.1. The van der Waals surface area contributed by atoms with Crippen molar-refractivity contribution in [1.82, 2.24) is 20.4 Å².